The Morgan fingerprint density at radius 2 is 1.89 bits per heavy atom. The molecule has 2 unspecified atom stereocenters. The van der Waals surface area contributed by atoms with E-state index in [1.165, 1.54) is 44.9 Å². The molecule has 0 aromatic rings. The van der Waals surface area contributed by atoms with Crippen molar-refractivity contribution < 1.29 is 4.79 Å². The van der Waals surface area contributed by atoms with Crippen molar-refractivity contribution in [1.29, 1.82) is 0 Å². The molecule has 1 saturated carbocycles. The molecular weight excluding hydrogens is 236 g/mol. The Bertz CT molecular complexity index is 274. The SMILES string of the molecule is CC1CCCC(NC(=O)CCC2CCNCC2)CC1. The van der Waals surface area contributed by atoms with Crippen LogP contribution in [-0.4, -0.2) is 25.0 Å². The number of carbonyl (C=O) groups is 1. The van der Waals surface area contributed by atoms with Crippen molar-refractivity contribution in [2.24, 2.45) is 11.8 Å². The highest BCUT2D eigenvalue weighted by molar-refractivity contribution is 5.76. The standard InChI is InChI=1S/C16H30N2O/c1-13-3-2-4-15(7-5-13)18-16(19)8-6-14-9-11-17-12-10-14/h13-15,17H,2-12H2,1H3,(H,18,19). The number of hydrogen-bond donors (Lipinski definition) is 2. The van der Waals surface area contributed by atoms with Crippen molar-refractivity contribution in [2.45, 2.75) is 70.8 Å². The van der Waals surface area contributed by atoms with Crippen molar-refractivity contribution in [2.75, 3.05) is 13.1 Å². The van der Waals surface area contributed by atoms with E-state index in [2.05, 4.69) is 17.6 Å². The first-order chi connectivity index (χ1) is 9.24. The van der Waals surface area contributed by atoms with Gasteiger partial charge < -0.3 is 10.6 Å². The molecule has 1 amide bonds. The van der Waals surface area contributed by atoms with Crippen LogP contribution in [0.3, 0.4) is 0 Å². The number of nitrogens with one attached hydrogen (secondary N) is 2. The van der Waals surface area contributed by atoms with Gasteiger partial charge in [0.2, 0.25) is 5.91 Å². The number of hydrogen-bond acceptors (Lipinski definition) is 2. The zero-order chi connectivity index (χ0) is 13.5. The second-order valence-electron chi connectivity index (χ2n) is 6.61. The normalized spacial score (nSPS) is 29.7. The van der Waals surface area contributed by atoms with Gasteiger partial charge in [-0.25, -0.2) is 0 Å². The van der Waals surface area contributed by atoms with E-state index < -0.39 is 0 Å². The maximum atomic E-state index is 12.0. The van der Waals surface area contributed by atoms with Crippen LogP contribution in [0.5, 0.6) is 0 Å². The van der Waals surface area contributed by atoms with Gasteiger partial charge in [0.15, 0.2) is 0 Å². The molecular formula is C16H30N2O. The average molecular weight is 266 g/mol. The summed E-state index contributed by atoms with van der Waals surface area (Å²) in [6.07, 6.45) is 10.6. The second kappa shape index (κ2) is 7.88. The highest BCUT2D eigenvalue weighted by atomic mass is 16.1. The van der Waals surface area contributed by atoms with Gasteiger partial charge in [0.1, 0.15) is 0 Å². The molecule has 1 aliphatic heterocycles. The summed E-state index contributed by atoms with van der Waals surface area (Å²) in [7, 11) is 0. The van der Waals surface area contributed by atoms with Gasteiger partial charge in [0.05, 0.1) is 0 Å². The Morgan fingerprint density at radius 1 is 1.11 bits per heavy atom. The van der Waals surface area contributed by atoms with Gasteiger partial charge in [-0.2, -0.15) is 0 Å². The third-order valence-corrected chi connectivity index (χ3v) is 4.86. The summed E-state index contributed by atoms with van der Waals surface area (Å²) in [5, 5.41) is 6.64. The molecule has 1 aliphatic carbocycles. The predicted molar refractivity (Wildman–Crippen MR) is 79.0 cm³/mol. The third-order valence-electron chi connectivity index (χ3n) is 4.86. The van der Waals surface area contributed by atoms with Crippen LogP contribution >= 0.6 is 0 Å². The van der Waals surface area contributed by atoms with Crippen LogP contribution < -0.4 is 10.6 Å². The van der Waals surface area contributed by atoms with Gasteiger partial charge in [0, 0.05) is 12.5 Å². The van der Waals surface area contributed by atoms with Gasteiger partial charge in [-0.15, -0.1) is 0 Å². The van der Waals surface area contributed by atoms with Gasteiger partial charge in [-0.3, -0.25) is 4.79 Å². The third kappa shape index (κ3) is 5.52. The molecule has 2 fully saturated rings. The van der Waals surface area contributed by atoms with E-state index in [1.807, 2.05) is 0 Å². The number of rotatable bonds is 4. The fraction of sp³-hybridized carbons (Fsp3) is 0.938. The molecule has 110 valence electrons. The van der Waals surface area contributed by atoms with Crippen molar-refractivity contribution in [3.8, 4) is 0 Å². The summed E-state index contributed by atoms with van der Waals surface area (Å²) in [5.74, 6) is 1.90. The minimum Gasteiger partial charge on any atom is -0.353 e. The van der Waals surface area contributed by atoms with E-state index in [0.717, 1.165) is 37.8 Å². The molecule has 1 heterocycles. The van der Waals surface area contributed by atoms with Crippen LogP contribution in [0.15, 0.2) is 0 Å². The minimum atomic E-state index is 0.290. The quantitative estimate of drug-likeness (QED) is 0.768. The average Bonchev–Trinajstić information content (AvgIpc) is 2.63. The molecule has 0 bridgehead atoms. The molecule has 3 nitrogen and oxygen atoms in total. The van der Waals surface area contributed by atoms with E-state index in [4.69, 9.17) is 0 Å². The Balaban J connectivity index is 1.63. The summed E-state index contributed by atoms with van der Waals surface area (Å²) in [4.78, 5) is 12.0. The summed E-state index contributed by atoms with van der Waals surface area (Å²) in [6.45, 7) is 4.60. The number of amides is 1. The minimum absolute atomic E-state index is 0.290. The Hall–Kier alpha value is -0.570. The molecule has 2 aliphatic rings. The maximum absolute atomic E-state index is 12.0. The molecule has 0 spiro atoms. The fourth-order valence-corrected chi connectivity index (χ4v) is 3.44. The highest BCUT2D eigenvalue weighted by Crippen LogP contribution is 2.23. The smallest absolute Gasteiger partial charge is 0.220 e. The van der Waals surface area contributed by atoms with Crippen molar-refractivity contribution in [3.05, 3.63) is 0 Å². The lowest BCUT2D eigenvalue weighted by molar-refractivity contribution is -0.122. The van der Waals surface area contributed by atoms with E-state index in [0.29, 0.717) is 6.04 Å². The summed E-state index contributed by atoms with van der Waals surface area (Å²) in [6, 6.07) is 0.450. The molecule has 19 heavy (non-hydrogen) atoms. The monoisotopic (exact) mass is 266 g/mol. The first kappa shape index (κ1) is 14.8. The Morgan fingerprint density at radius 3 is 2.68 bits per heavy atom. The molecule has 3 heteroatoms. The largest absolute Gasteiger partial charge is 0.353 e. The van der Waals surface area contributed by atoms with E-state index in [1.54, 1.807) is 0 Å². The van der Waals surface area contributed by atoms with Gasteiger partial charge in [-0.05, 0) is 63.5 Å². The molecule has 0 aromatic heterocycles. The highest BCUT2D eigenvalue weighted by Gasteiger charge is 2.19. The number of piperidine rings is 1. The Kier molecular flexibility index (Phi) is 6.15. The van der Waals surface area contributed by atoms with Crippen molar-refractivity contribution in [1.82, 2.24) is 10.6 Å². The number of carbonyl (C=O) groups excluding carboxylic acids is 1. The Labute approximate surface area is 117 Å². The first-order valence-electron chi connectivity index (χ1n) is 8.24. The predicted octanol–water partition coefficient (Wildman–Crippen LogP) is 2.85. The molecule has 0 radical (unpaired) electrons. The van der Waals surface area contributed by atoms with Gasteiger partial charge in [-0.1, -0.05) is 19.8 Å². The van der Waals surface area contributed by atoms with E-state index in [9.17, 15) is 4.79 Å². The maximum Gasteiger partial charge on any atom is 0.220 e. The van der Waals surface area contributed by atoms with Crippen molar-refractivity contribution >= 4 is 5.91 Å². The van der Waals surface area contributed by atoms with E-state index in [-0.39, 0.29) is 5.91 Å². The molecule has 2 rings (SSSR count). The zero-order valence-corrected chi connectivity index (χ0v) is 12.4. The molecule has 0 aromatic carbocycles. The molecule has 2 N–H and O–H groups in total. The lowest BCUT2D eigenvalue weighted by Crippen LogP contribution is -2.35. The van der Waals surface area contributed by atoms with Crippen LogP contribution in [0, 0.1) is 11.8 Å². The van der Waals surface area contributed by atoms with E-state index >= 15 is 0 Å². The van der Waals surface area contributed by atoms with Crippen LogP contribution in [0.4, 0.5) is 0 Å². The van der Waals surface area contributed by atoms with Crippen LogP contribution in [-0.2, 0) is 4.79 Å². The summed E-state index contributed by atoms with van der Waals surface area (Å²) >= 11 is 0. The molecule has 2 atom stereocenters. The summed E-state index contributed by atoms with van der Waals surface area (Å²) < 4.78 is 0. The lowest BCUT2D eigenvalue weighted by atomic mass is 9.93. The van der Waals surface area contributed by atoms with Gasteiger partial charge >= 0.3 is 0 Å². The zero-order valence-electron chi connectivity index (χ0n) is 12.4. The molecule has 1 saturated heterocycles. The van der Waals surface area contributed by atoms with Crippen LogP contribution in [0.25, 0.3) is 0 Å². The fourth-order valence-electron chi connectivity index (χ4n) is 3.44. The van der Waals surface area contributed by atoms with Crippen LogP contribution in [0.1, 0.15) is 64.7 Å². The first-order valence-corrected chi connectivity index (χ1v) is 8.24. The topological polar surface area (TPSA) is 41.1 Å². The van der Waals surface area contributed by atoms with Gasteiger partial charge in [0.25, 0.3) is 0 Å². The van der Waals surface area contributed by atoms with Crippen LogP contribution in [0.2, 0.25) is 0 Å². The lowest BCUT2D eigenvalue weighted by Gasteiger charge is -2.23. The van der Waals surface area contributed by atoms with Crippen molar-refractivity contribution in [3.63, 3.8) is 0 Å². The summed E-state index contributed by atoms with van der Waals surface area (Å²) in [5.41, 5.74) is 0. The second-order valence-corrected chi connectivity index (χ2v) is 6.61.